The number of rotatable bonds is 4. The van der Waals surface area contributed by atoms with Crippen molar-refractivity contribution >= 4 is 21.4 Å². The molecule has 1 aromatic rings. The lowest BCUT2D eigenvalue weighted by Crippen LogP contribution is -2.48. The average molecular weight is 296 g/mol. The molecule has 0 heterocycles. The minimum absolute atomic E-state index is 0.166. The van der Waals surface area contributed by atoms with Gasteiger partial charge in [-0.25, -0.2) is 8.42 Å². The standard InChI is InChI=1S/C14H20N2O3S/c1-10-4-5-11(20(2,18)19)8-12(10)16-13(17)9-14(15)6-3-7-14/h4-5,8H,3,6-7,9,15H2,1-2H3,(H,16,17). The number of carbonyl (C=O) groups excluding carboxylic acids is 1. The maximum atomic E-state index is 12.0. The third-order valence-corrected chi connectivity index (χ3v) is 4.88. The van der Waals surface area contributed by atoms with Gasteiger partial charge >= 0.3 is 0 Å². The molecular formula is C14H20N2O3S. The molecule has 1 aliphatic rings. The van der Waals surface area contributed by atoms with Crippen LogP contribution in [0.3, 0.4) is 0 Å². The Morgan fingerprint density at radius 2 is 2.05 bits per heavy atom. The molecule has 0 aromatic heterocycles. The number of nitrogens with two attached hydrogens (primary N) is 1. The molecule has 0 aliphatic heterocycles. The van der Waals surface area contributed by atoms with Gasteiger partial charge in [0.15, 0.2) is 9.84 Å². The maximum Gasteiger partial charge on any atom is 0.226 e. The van der Waals surface area contributed by atoms with Gasteiger partial charge in [-0.3, -0.25) is 4.79 Å². The van der Waals surface area contributed by atoms with E-state index < -0.39 is 9.84 Å². The predicted molar refractivity (Wildman–Crippen MR) is 78.3 cm³/mol. The summed E-state index contributed by atoms with van der Waals surface area (Å²) in [6.07, 6.45) is 4.21. The molecule has 0 bridgehead atoms. The van der Waals surface area contributed by atoms with Crippen molar-refractivity contribution in [2.45, 2.75) is 43.0 Å². The van der Waals surface area contributed by atoms with Crippen molar-refractivity contribution < 1.29 is 13.2 Å². The van der Waals surface area contributed by atoms with Crippen LogP contribution < -0.4 is 11.1 Å². The second-order valence-corrected chi connectivity index (χ2v) is 7.71. The quantitative estimate of drug-likeness (QED) is 0.883. The number of nitrogens with one attached hydrogen (secondary N) is 1. The predicted octanol–water partition coefficient (Wildman–Crippen LogP) is 1.61. The number of hydrogen-bond donors (Lipinski definition) is 2. The molecule has 1 amide bonds. The second kappa shape index (κ2) is 5.18. The summed E-state index contributed by atoms with van der Waals surface area (Å²) >= 11 is 0. The van der Waals surface area contributed by atoms with Crippen LogP contribution in [0.2, 0.25) is 0 Å². The highest BCUT2D eigenvalue weighted by molar-refractivity contribution is 7.90. The van der Waals surface area contributed by atoms with Crippen molar-refractivity contribution in [2.24, 2.45) is 5.73 Å². The summed E-state index contributed by atoms with van der Waals surface area (Å²) in [5, 5.41) is 2.76. The number of benzene rings is 1. The summed E-state index contributed by atoms with van der Waals surface area (Å²) in [5.74, 6) is -0.166. The van der Waals surface area contributed by atoms with E-state index in [0.717, 1.165) is 31.1 Å². The first kappa shape index (κ1) is 15.0. The van der Waals surface area contributed by atoms with Crippen molar-refractivity contribution in [3.8, 4) is 0 Å². The van der Waals surface area contributed by atoms with Gasteiger partial charge in [-0.1, -0.05) is 6.07 Å². The third-order valence-electron chi connectivity index (χ3n) is 3.77. The first-order valence-corrected chi connectivity index (χ1v) is 8.48. The zero-order valence-electron chi connectivity index (χ0n) is 11.8. The van der Waals surface area contributed by atoms with Crippen molar-refractivity contribution in [3.63, 3.8) is 0 Å². The van der Waals surface area contributed by atoms with Crippen LogP contribution in [0.25, 0.3) is 0 Å². The molecular weight excluding hydrogens is 276 g/mol. The molecule has 1 saturated carbocycles. The van der Waals surface area contributed by atoms with Gasteiger partial charge in [0.25, 0.3) is 0 Å². The number of sulfone groups is 1. The van der Waals surface area contributed by atoms with Crippen LogP contribution >= 0.6 is 0 Å². The van der Waals surface area contributed by atoms with Crippen molar-refractivity contribution in [1.82, 2.24) is 0 Å². The highest BCUT2D eigenvalue weighted by Gasteiger charge is 2.34. The molecule has 0 spiro atoms. The van der Waals surface area contributed by atoms with Crippen LogP contribution in [0.15, 0.2) is 23.1 Å². The van der Waals surface area contributed by atoms with E-state index >= 15 is 0 Å². The van der Waals surface area contributed by atoms with Crippen molar-refractivity contribution in [3.05, 3.63) is 23.8 Å². The summed E-state index contributed by atoms with van der Waals surface area (Å²) in [6, 6.07) is 4.72. The molecule has 2 rings (SSSR count). The molecule has 0 unspecified atom stereocenters. The number of carbonyl (C=O) groups is 1. The SMILES string of the molecule is Cc1ccc(S(C)(=O)=O)cc1NC(=O)CC1(N)CCC1. The fourth-order valence-electron chi connectivity index (χ4n) is 2.29. The van der Waals surface area contributed by atoms with E-state index in [4.69, 9.17) is 5.73 Å². The zero-order valence-corrected chi connectivity index (χ0v) is 12.6. The molecule has 6 heteroatoms. The van der Waals surface area contributed by atoms with Gasteiger partial charge in [-0.05, 0) is 43.9 Å². The highest BCUT2D eigenvalue weighted by Crippen LogP contribution is 2.32. The topological polar surface area (TPSA) is 89.3 Å². The number of amides is 1. The lowest BCUT2D eigenvalue weighted by Gasteiger charge is -2.37. The molecule has 1 aliphatic carbocycles. The van der Waals surface area contributed by atoms with Gasteiger partial charge in [0.2, 0.25) is 5.91 Å². The van der Waals surface area contributed by atoms with Gasteiger partial charge in [-0.2, -0.15) is 0 Å². The summed E-state index contributed by atoms with van der Waals surface area (Å²) in [6.45, 7) is 1.82. The molecule has 1 fully saturated rings. The van der Waals surface area contributed by atoms with Crippen LogP contribution in [0.4, 0.5) is 5.69 Å². The molecule has 1 aromatic carbocycles. The van der Waals surface area contributed by atoms with Gasteiger partial charge in [0.1, 0.15) is 0 Å². The molecule has 3 N–H and O–H groups in total. The van der Waals surface area contributed by atoms with Crippen molar-refractivity contribution in [2.75, 3.05) is 11.6 Å². The number of anilines is 1. The van der Waals surface area contributed by atoms with Crippen LogP contribution in [0.1, 0.15) is 31.2 Å². The van der Waals surface area contributed by atoms with Gasteiger partial charge in [0, 0.05) is 23.9 Å². The second-order valence-electron chi connectivity index (χ2n) is 5.69. The molecule has 5 nitrogen and oxygen atoms in total. The molecule has 0 atom stereocenters. The Hall–Kier alpha value is -1.40. The first-order valence-electron chi connectivity index (χ1n) is 6.59. The van der Waals surface area contributed by atoms with E-state index in [-0.39, 0.29) is 22.8 Å². The van der Waals surface area contributed by atoms with E-state index in [1.54, 1.807) is 6.07 Å². The van der Waals surface area contributed by atoms with E-state index in [1.165, 1.54) is 12.1 Å². The average Bonchev–Trinajstić information content (AvgIpc) is 2.28. The fourth-order valence-corrected chi connectivity index (χ4v) is 2.94. The monoisotopic (exact) mass is 296 g/mol. The van der Waals surface area contributed by atoms with Crippen molar-refractivity contribution in [1.29, 1.82) is 0 Å². The van der Waals surface area contributed by atoms with Gasteiger partial charge in [-0.15, -0.1) is 0 Å². The lowest BCUT2D eigenvalue weighted by atomic mass is 9.75. The molecule has 0 saturated heterocycles. The lowest BCUT2D eigenvalue weighted by molar-refractivity contribution is -0.118. The Bertz CT molecular complexity index is 634. The Labute approximate surface area is 119 Å². The van der Waals surface area contributed by atoms with Gasteiger partial charge in [0.05, 0.1) is 4.90 Å². The number of hydrogen-bond acceptors (Lipinski definition) is 4. The fraction of sp³-hybridized carbons (Fsp3) is 0.500. The Morgan fingerprint density at radius 3 is 2.55 bits per heavy atom. The minimum Gasteiger partial charge on any atom is -0.326 e. The number of aryl methyl sites for hydroxylation is 1. The third kappa shape index (κ3) is 3.37. The Morgan fingerprint density at radius 1 is 1.40 bits per heavy atom. The van der Waals surface area contributed by atoms with Crippen LogP contribution in [-0.2, 0) is 14.6 Å². The van der Waals surface area contributed by atoms with E-state index in [9.17, 15) is 13.2 Å². The van der Waals surface area contributed by atoms with E-state index in [2.05, 4.69) is 5.32 Å². The largest absolute Gasteiger partial charge is 0.326 e. The Balaban J connectivity index is 2.14. The summed E-state index contributed by atoms with van der Waals surface area (Å²) in [4.78, 5) is 12.2. The van der Waals surface area contributed by atoms with Crippen LogP contribution in [0.5, 0.6) is 0 Å². The first-order chi connectivity index (χ1) is 9.20. The summed E-state index contributed by atoms with van der Waals surface area (Å²) < 4.78 is 23.1. The van der Waals surface area contributed by atoms with E-state index in [0.29, 0.717) is 5.69 Å². The van der Waals surface area contributed by atoms with Gasteiger partial charge < -0.3 is 11.1 Å². The van der Waals surface area contributed by atoms with Crippen LogP contribution in [0, 0.1) is 6.92 Å². The normalized spacial score (nSPS) is 17.4. The molecule has 0 radical (unpaired) electrons. The minimum atomic E-state index is -3.28. The summed E-state index contributed by atoms with van der Waals surface area (Å²) in [5.41, 5.74) is 7.01. The summed E-state index contributed by atoms with van der Waals surface area (Å²) in [7, 11) is -3.28. The molecule has 20 heavy (non-hydrogen) atoms. The maximum absolute atomic E-state index is 12.0. The van der Waals surface area contributed by atoms with Crippen LogP contribution in [-0.4, -0.2) is 26.1 Å². The molecule has 110 valence electrons. The van der Waals surface area contributed by atoms with E-state index in [1.807, 2.05) is 6.92 Å². The zero-order chi connectivity index (χ0) is 15.0. The smallest absolute Gasteiger partial charge is 0.226 e. The highest BCUT2D eigenvalue weighted by atomic mass is 32.2. The Kier molecular flexibility index (Phi) is 3.88.